The van der Waals surface area contributed by atoms with Crippen LogP contribution in [0.15, 0.2) is 48.8 Å². The Balaban J connectivity index is 1.84. The molecule has 1 atom stereocenters. The molecular weight excluding hydrogens is 244 g/mol. The van der Waals surface area contributed by atoms with Crippen LogP contribution in [0, 0.1) is 0 Å². The number of rotatable bonds is 5. The lowest BCUT2D eigenvalue weighted by Crippen LogP contribution is -2.06. The lowest BCUT2D eigenvalue weighted by atomic mass is 9.98. The normalized spacial score (nSPS) is 12.1. The molecule has 0 amide bonds. The van der Waals surface area contributed by atoms with Crippen LogP contribution in [0.5, 0.6) is 0 Å². The minimum absolute atomic E-state index is 0.536. The van der Waals surface area contributed by atoms with Crippen molar-refractivity contribution >= 4 is 17.3 Å². The monoisotopic (exact) mass is 260 g/mol. The van der Waals surface area contributed by atoms with Gasteiger partial charge in [0.1, 0.15) is 0 Å². The molecule has 2 aromatic rings. The second-order valence-corrected chi connectivity index (χ2v) is 4.79. The molecule has 1 N–H and O–H groups in total. The van der Waals surface area contributed by atoms with E-state index in [-0.39, 0.29) is 0 Å². The smallest absolute Gasteiger partial charge is 0.0716 e. The third kappa shape index (κ3) is 3.47. The van der Waals surface area contributed by atoms with Crippen LogP contribution in [0.2, 0.25) is 5.02 Å². The fourth-order valence-electron chi connectivity index (χ4n) is 1.88. The van der Waals surface area contributed by atoms with Crippen molar-refractivity contribution in [2.75, 3.05) is 11.9 Å². The number of anilines is 1. The summed E-state index contributed by atoms with van der Waals surface area (Å²) in [6.07, 6.45) is 4.52. The van der Waals surface area contributed by atoms with E-state index in [4.69, 9.17) is 11.6 Å². The van der Waals surface area contributed by atoms with Gasteiger partial charge in [0.25, 0.3) is 0 Å². The number of nitrogens with zero attached hydrogens (tertiary/aromatic N) is 1. The molecule has 3 heteroatoms. The number of pyridine rings is 1. The second-order valence-electron chi connectivity index (χ2n) is 4.38. The van der Waals surface area contributed by atoms with E-state index in [0.717, 1.165) is 23.7 Å². The van der Waals surface area contributed by atoms with E-state index < -0.39 is 0 Å². The topological polar surface area (TPSA) is 24.9 Å². The Morgan fingerprint density at radius 2 is 2.00 bits per heavy atom. The Labute approximate surface area is 113 Å². The molecule has 18 heavy (non-hydrogen) atoms. The highest BCUT2D eigenvalue weighted by atomic mass is 35.5. The summed E-state index contributed by atoms with van der Waals surface area (Å²) in [5.41, 5.74) is 2.27. The van der Waals surface area contributed by atoms with E-state index in [1.54, 1.807) is 18.5 Å². The first-order valence-electron chi connectivity index (χ1n) is 6.15. The van der Waals surface area contributed by atoms with E-state index in [1.807, 2.05) is 6.07 Å². The summed E-state index contributed by atoms with van der Waals surface area (Å²) in [5.74, 6) is 0.536. The molecule has 0 radical (unpaired) electrons. The highest BCUT2D eigenvalue weighted by Crippen LogP contribution is 2.21. The van der Waals surface area contributed by atoms with Crippen molar-refractivity contribution in [3.8, 4) is 0 Å². The van der Waals surface area contributed by atoms with Crippen LogP contribution in [0.1, 0.15) is 24.8 Å². The highest BCUT2D eigenvalue weighted by Gasteiger charge is 2.05. The number of hydrogen-bond donors (Lipinski definition) is 1. The van der Waals surface area contributed by atoms with Crippen molar-refractivity contribution in [1.29, 1.82) is 0 Å². The first-order chi connectivity index (χ1) is 8.77. The zero-order valence-electron chi connectivity index (χ0n) is 10.4. The predicted octanol–water partition coefficient (Wildman–Crippen LogP) is 4.34. The first kappa shape index (κ1) is 12.9. The molecule has 94 valence electrons. The van der Waals surface area contributed by atoms with Crippen molar-refractivity contribution in [3.63, 3.8) is 0 Å². The van der Waals surface area contributed by atoms with E-state index in [1.165, 1.54) is 5.56 Å². The van der Waals surface area contributed by atoms with Crippen molar-refractivity contribution < 1.29 is 0 Å². The van der Waals surface area contributed by atoms with Crippen LogP contribution in [0.25, 0.3) is 0 Å². The summed E-state index contributed by atoms with van der Waals surface area (Å²) in [4.78, 5) is 4.05. The van der Waals surface area contributed by atoms with Gasteiger partial charge in [-0.05, 0) is 24.0 Å². The minimum Gasteiger partial charge on any atom is -0.383 e. The van der Waals surface area contributed by atoms with Gasteiger partial charge in [0.2, 0.25) is 0 Å². The number of hydrogen-bond acceptors (Lipinski definition) is 2. The maximum absolute atomic E-state index is 6.05. The van der Waals surface area contributed by atoms with E-state index in [9.17, 15) is 0 Å². The van der Waals surface area contributed by atoms with Gasteiger partial charge in [0, 0.05) is 12.7 Å². The summed E-state index contributed by atoms with van der Waals surface area (Å²) in [5, 5.41) is 4.04. The van der Waals surface area contributed by atoms with Crippen LogP contribution in [0.4, 0.5) is 5.69 Å². The van der Waals surface area contributed by atoms with Gasteiger partial charge in [-0.25, -0.2) is 0 Å². The largest absolute Gasteiger partial charge is 0.383 e. The highest BCUT2D eigenvalue weighted by molar-refractivity contribution is 6.33. The lowest BCUT2D eigenvalue weighted by molar-refractivity contribution is 0.706. The quantitative estimate of drug-likeness (QED) is 0.865. The van der Waals surface area contributed by atoms with Gasteiger partial charge in [0.15, 0.2) is 0 Å². The molecule has 1 unspecified atom stereocenters. The summed E-state index contributed by atoms with van der Waals surface area (Å²) in [6, 6.07) is 12.3. The predicted molar refractivity (Wildman–Crippen MR) is 77.2 cm³/mol. The van der Waals surface area contributed by atoms with Crippen LogP contribution < -0.4 is 5.32 Å². The molecule has 1 heterocycles. The average Bonchev–Trinajstić information content (AvgIpc) is 2.42. The van der Waals surface area contributed by atoms with Gasteiger partial charge in [-0.3, -0.25) is 4.98 Å². The van der Waals surface area contributed by atoms with E-state index in [2.05, 4.69) is 41.5 Å². The summed E-state index contributed by atoms with van der Waals surface area (Å²) in [6.45, 7) is 3.13. The van der Waals surface area contributed by atoms with Crippen LogP contribution >= 0.6 is 11.6 Å². The number of benzene rings is 1. The van der Waals surface area contributed by atoms with Gasteiger partial charge in [0.05, 0.1) is 16.9 Å². The fourth-order valence-corrected chi connectivity index (χ4v) is 2.05. The Hall–Kier alpha value is -1.54. The molecule has 0 fully saturated rings. The maximum atomic E-state index is 6.05. The number of aromatic nitrogens is 1. The maximum Gasteiger partial charge on any atom is 0.0716 e. The zero-order chi connectivity index (χ0) is 12.8. The number of nitrogens with one attached hydrogen (secondary N) is 1. The third-order valence-corrected chi connectivity index (χ3v) is 3.36. The van der Waals surface area contributed by atoms with Gasteiger partial charge in [-0.15, -0.1) is 0 Å². The average molecular weight is 261 g/mol. The molecule has 0 aliphatic heterocycles. The van der Waals surface area contributed by atoms with Crippen molar-refractivity contribution in [1.82, 2.24) is 4.98 Å². The Kier molecular flexibility index (Phi) is 4.59. The summed E-state index contributed by atoms with van der Waals surface area (Å²) >= 11 is 6.05. The molecule has 0 saturated carbocycles. The SMILES string of the molecule is CC(CCNc1cnccc1Cl)c1ccccc1. The molecule has 1 aromatic carbocycles. The summed E-state index contributed by atoms with van der Waals surface area (Å²) in [7, 11) is 0. The van der Waals surface area contributed by atoms with Gasteiger partial charge >= 0.3 is 0 Å². The fraction of sp³-hybridized carbons (Fsp3) is 0.267. The Bertz CT molecular complexity index is 485. The molecule has 1 aromatic heterocycles. The second kappa shape index (κ2) is 6.41. The molecular formula is C15H17ClN2. The van der Waals surface area contributed by atoms with Crippen LogP contribution in [0.3, 0.4) is 0 Å². The molecule has 0 bridgehead atoms. The van der Waals surface area contributed by atoms with E-state index in [0.29, 0.717) is 5.92 Å². The molecule has 0 saturated heterocycles. The Morgan fingerprint density at radius 1 is 1.22 bits per heavy atom. The third-order valence-electron chi connectivity index (χ3n) is 3.03. The molecule has 0 aliphatic rings. The van der Waals surface area contributed by atoms with Gasteiger partial charge in [-0.1, -0.05) is 48.9 Å². The van der Waals surface area contributed by atoms with Crippen LogP contribution in [-0.4, -0.2) is 11.5 Å². The molecule has 2 rings (SSSR count). The van der Waals surface area contributed by atoms with Gasteiger partial charge in [-0.2, -0.15) is 0 Å². The Morgan fingerprint density at radius 3 is 2.72 bits per heavy atom. The lowest BCUT2D eigenvalue weighted by Gasteiger charge is -2.13. The van der Waals surface area contributed by atoms with Crippen LogP contribution in [-0.2, 0) is 0 Å². The zero-order valence-corrected chi connectivity index (χ0v) is 11.2. The van der Waals surface area contributed by atoms with E-state index >= 15 is 0 Å². The van der Waals surface area contributed by atoms with Crippen molar-refractivity contribution in [2.24, 2.45) is 0 Å². The molecule has 2 nitrogen and oxygen atoms in total. The first-order valence-corrected chi connectivity index (χ1v) is 6.53. The van der Waals surface area contributed by atoms with Crippen molar-refractivity contribution in [2.45, 2.75) is 19.3 Å². The van der Waals surface area contributed by atoms with Gasteiger partial charge < -0.3 is 5.32 Å². The number of halogens is 1. The van der Waals surface area contributed by atoms with Crippen molar-refractivity contribution in [3.05, 3.63) is 59.4 Å². The molecule has 0 spiro atoms. The minimum atomic E-state index is 0.536. The standard InChI is InChI=1S/C15H17ClN2/c1-12(13-5-3-2-4-6-13)7-10-18-15-11-17-9-8-14(15)16/h2-6,8-9,11-12,18H,7,10H2,1H3. The summed E-state index contributed by atoms with van der Waals surface area (Å²) < 4.78 is 0. The molecule has 0 aliphatic carbocycles.